The molecule has 1 amide bonds. The molecule has 0 aliphatic rings. The zero-order chi connectivity index (χ0) is 17.0. The first-order valence-corrected chi connectivity index (χ1v) is 7.87. The van der Waals surface area contributed by atoms with Gasteiger partial charge < -0.3 is 10.2 Å². The van der Waals surface area contributed by atoms with Gasteiger partial charge in [-0.05, 0) is 34.9 Å². The maximum absolute atomic E-state index is 12.6. The van der Waals surface area contributed by atoms with Crippen molar-refractivity contribution < 1.29 is 4.79 Å². The third-order valence-electron chi connectivity index (χ3n) is 3.54. The fourth-order valence-electron chi connectivity index (χ4n) is 2.39. The second-order valence-corrected chi connectivity index (χ2v) is 6.91. The second-order valence-electron chi connectivity index (χ2n) is 6.91. The normalized spacial score (nSPS) is 11.7. The molecule has 1 N–H and O–H groups in total. The van der Waals surface area contributed by atoms with Crippen molar-refractivity contribution >= 4 is 5.91 Å². The number of benzene rings is 1. The van der Waals surface area contributed by atoms with Crippen LogP contribution in [0.15, 0.2) is 36.5 Å². The number of aromatic nitrogens is 2. The van der Waals surface area contributed by atoms with Crippen LogP contribution in [0.4, 0.5) is 0 Å². The van der Waals surface area contributed by atoms with Crippen molar-refractivity contribution in [2.45, 2.75) is 26.3 Å². The van der Waals surface area contributed by atoms with Crippen LogP contribution >= 0.6 is 0 Å². The van der Waals surface area contributed by atoms with E-state index in [-0.39, 0.29) is 11.4 Å². The predicted octanol–water partition coefficient (Wildman–Crippen LogP) is 2.60. The van der Waals surface area contributed by atoms with Crippen molar-refractivity contribution in [2.75, 3.05) is 27.2 Å². The van der Waals surface area contributed by atoms with Gasteiger partial charge in [0, 0.05) is 18.7 Å². The number of likely N-dealkylation sites (N-methyl/N-ethyl adjacent to an activating group) is 1. The molecule has 0 radical (unpaired) electrons. The minimum Gasteiger partial charge on any atom is -0.351 e. The summed E-state index contributed by atoms with van der Waals surface area (Å²) in [6.07, 6.45) is 1.67. The average molecular weight is 314 g/mol. The largest absolute Gasteiger partial charge is 0.351 e. The molecule has 1 aromatic carbocycles. The molecule has 124 valence electrons. The van der Waals surface area contributed by atoms with Crippen LogP contribution in [-0.2, 0) is 5.54 Å². The van der Waals surface area contributed by atoms with E-state index < -0.39 is 0 Å². The Bertz CT molecular complexity index is 653. The van der Waals surface area contributed by atoms with E-state index in [0.717, 1.165) is 17.8 Å². The molecule has 5 heteroatoms. The molecule has 0 unspecified atom stereocenters. The average Bonchev–Trinajstić information content (AvgIpc) is 2.92. The van der Waals surface area contributed by atoms with Gasteiger partial charge in [-0.1, -0.05) is 30.3 Å². The third-order valence-corrected chi connectivity index (χ3v) is 3.54. The highest BCUT2D eigenvalue weighted by atomic mass is 16.1. The maximum atomic E-state index is 12.6. The zero-order valence-electron chi connectivity index (χ0n) is 14.6. The molecule has 1 heterocycles. The van der Waals surface area contributed by atoms with E-state index in [2.05, 4.69) is 31.2 Å². The summed E-state index contributed by atoms with van der Waals surface area (Å²) in [5.41, 5.74) is 2.27. The molecule has 0 fully saturated rings. The van der Waals surface area contributed by atoms with Crippen molar-refractivity contribution in [3.8, 4) is 11.3 Å². The van der Waals surface area contributed by atoms with Crippen LogP contribution in [0.25, 0.3) is 11.3 Å². The summed E-state index contributed by atoms with van der Waals surface area (Å²) in [5.74, 6) is -0.0822. The fourth-order valence-corrected chi connectivity index (χ4v) is 2.39. The number of amides is 1. The molecule has 0 bridgehead atoms. The lowest BCUT2D eigenvalue weighted by Gasteiger charge is -2.23. The summed E-state index contributed by atoms with van der Waals surface area (Å²) in [5, 5.41) is 7.44. The van der Waals surface area contributed by atoms with Crippen molar-refractivity contribution in [2.24, 2.45) is 0 Å². The Morgan fingerprint density at radius 3 is 2.43 bits per heavy atom. The van der Waals surface area contributed by atoms with Gasteiger partial charge in [-0.15, -0.1) is 0 Å². The lowest BCUT2D eigenvalue weighted by atomic mass is 10.0. The van der Waals surface area contributed by atoms with Gasteiger partial charge in [-0.2, -0.15) is 5.10 Å². The standard InChI is InChI=1S/C18H26N4O/c1-18(2,3)22-16(14-9-7-6-8-10-14)15(13-20-22)17(23)19-11-12-21(4)5/h6-10,13H,11-12H2,1-5H3,(H,19,23). The van der Waals surface area contributed by atoms with Crippen LogP contribution in [-0.4, -0.2) is 47.8 Å². The lowest BCUT2D eigenvalue weighted by molar-refractivity contribution is 0.0951. The summed E-state index contributed by atoms with van der Waals surface area (Å²) in [4.78, 5) is 14.6. The molecular weight excluding hydrogens is 288 g/mol. The summed E-state index contributed by atoms with van der Waals surface area (Å²) in [6.45, 7) is 7.67. The summed E-state index contributed by atoms with van der Waals surface area (Å²) >= 11 is 0. The van der Waals surface area contributed by atoms with Crippen LogP contribution in [0.2, 0.25) is 0 Å². The molecule has 0 aliphatic heterocycles. The molecule has 0 aliphatic carbocycles. The van der Waals surface area contributed by atoms with E-state index in [4.69, 9.17) is 0 Å². The van der Waals surface area contributed by atoms with Gasteiger partial charge in [-0.25, -0.2) is 0 Å². The van der Waals surface area contributed by atoms with Crippen molar-refractivity contribution in [3.63, 3.8) is 0 Å². The quantitative estimate of drug-likeness (QED) is 0.923. The van der Waals surface area contributed by atoms with Gasteiger partial charge in [0.15, 0.2) is 0 Å². The number of carbonyl (C=O) groups excluding carboxylic acids is 1. The summed E-state index contributed by atoms with van der Waals surface area (Å²) in [6, 6.07) is 9.94. The molecule has 2 rings (SSSR count). The molecule has 2 aromatic rings. The third kappa shape index (κ3) is 4.20. The predicted molar refractivity (Wildman–Crippen MR) is 93.5 cm³/mol. The van der Waals surface area contributed by atoms with Crippen LogP contribution in [0.5, 0.6) is 0 Å². The minimum absolute atomic E-state index is 0.0822. The van der Waals surface area contributed by atoms with Crippen molar-refractivity contribution in [3.05, 3.63) is 42.1 Å². The number of hydrogen-bond acceptors (Lipinski definition) is 3. The molecule has 0 atom stereocenters. The van der Waals surface area contributed by atoms with E-state index in [0.29, 0.717) is 12.1 Å². The van der Waals surface area contributed by atoms with Crippen LogP contribution in [0.1, 0.15) is 31.1 Å². The molecule has 0 spiro atoms. The number of hydrogen-bond donors (Lipinski definition) is 1. The Labute approximate surface area is 138 Å². The smallest absolute Gasteiger partial charge is 0.255 e. The second kappa shape index (κ2) is 6.96. The number of nitrogens with zero attached hydrogens (tertiary/aromatic N) is 3. The molecule has 5 nitrogen and oxygen atoms in total. The summed E-state index contributed by atoms with van der Waals surface area (Å²) in [7, 11) is 3.97. The van der Waals surface area contributed by atoms with Crippen LogP contribution in [0.3, 0.4) is 0 Å². The minimum atomic E-state index is -0.201. The lowest BCUT2D eigenvalue weighted by Crippen LogP contribution is -2.31. The Morgan fingerprint density at radius 1 is 1.22 bits per heavy atom. The van der Waals surface area contributed by atoms with Gasteiger partial charge in [0.05, 0.1) is 23.0 Å². The molecule has 1 aromatic heterocycles. The Kier molecular flexibility index (Phi) is 5.21. The Hall–Kier alpha value is -2.14. The fraction of sp³-hybridized carbons (Fsp3) is 0.444. The van der Waals surface area contributed by atoms with Gasteiger partial charge in [0.1, 0.15) is 0 Å². The number of nitrogens with one attached hydrogen (secondary N) is 1. The Morgan fingerprint density at radius 2 is 1.87 bits per heavy atom. The van der Waals surface area contributed by atoms with E-state index in [1.54, 1.807) is 6.20 Å². The molecular formula is C18H26N4O. The van der Waals surface area contributed by atoms with E-state index in [9.17, 15) is 4.79 Å². The van der Waals surface area contributed by atoms with Crippen LogP contribution < -0.4 is 5.32 Å². The van der Waals surface area contributed by atoms with Gasteiger partial charge in [0.2, 0.25) is 0 Å². The van der Waals surface area contributed by atoms with Crippen molar-refractivity contribution in [1.82, 2.24) is 20.0 Å². The van der Waals surface area contributed by atoms with E-state index in [1.165, 1.54) is 0 Å². The van der Waals surface area contributed by atoms with E-state index >= 15 is 0 Å². The van der Waals surface area contributed by atoms with E-state index in [1.807, 2.05) is 54.0 Å². The first-order chi connectivity index (χ1) is 10.8. The molecule has 0 saturated heterocycles. The Balaban J connectivity index is 2.37. The first kappa shape index (κ1) is 17.2. The number of rotatable bonds is 5. The molecule has 23 heavy (non-hydrogen) atoms. The zero-order valence-corrected chi connectivity index (χ0v) is 14.6. The highest BCUT2D eigenvalue weighted by Crippen LogP contribution is 2.28. The van der Waals surface area contributed by atoms with Gasteiger partial charge >= 0.3 is 0 Å². The van der Waals surface area contributed by atoms with Gasteiger partial charge in [0.25, 0.3) is 5.91 Å². The SMILES string of the molecule is CN(C)CCNC(=O)c1cnn(C(C)(C)C)c1-c1ccccc1. The summed E-state index contributed by atoms with van der Waals surface area (Å²) < 4.78 is 1.92. The highest BCUT2D eigenvalue weighted by molar-refractivity contribution is 5.99. The molecule has 0 saturated carbocycles. The number of carbonyl (C=O) groups is 1. The topological polar surface area (TPSA) is 50.2 Å². The highest BCUT2D eigenvalue weighted by Gasteiger charge is 2.24. The van der Waals surface area contributed by atoms with Crippen LogP contribution in [0, 0.1) is 0 Å². The van der Waals surface area contributed by atoms with Gasteiger partial charge in [-0.3, -0.25) is 9.48 Å². The first-order valence-electron chi connectivity index (χ1n) is 7.87. The maximum Gasteiger partial charge on any atom is 0.255 e. The monoisotopic (exact) mass is 314 g/mol. The van der Waals surface area contributed by atoms with Crippen molar-refractivity contribution in [1.29, 1.82) is 0 Å².